The third-order valence-corrected chi connectivity index (χ3v) is 2.77. The molecule has 70 valence electrons. The van der Waals surface area contributed by atoms with Gasteiger partial charge in [-0.15, -0.1) is 0 Å². The molecular formula is C7H7ClN2O2S. The molecule has 2 atom stereocenters. The van der Waals surface area contributed by atoms with Gasteiger partial charge in [0.2, 0.25) is 0 Å². The van der Waals surface area contributed by atoms with E-state index in [4.69, 9.17) is 21.6 Å². The molecule has 2 unspecified atom stereocenters. The third kappa shape index (κ3) is 2.36. The lowest BCUT2D eigenvalue weighted by molar-refractivity contribution is -0.142. The van der Waals surface area contributed by atoms with Gasteiger partial charge in [-0.05, 0) is 6.92 Å². The predicted molar refractivity (Wildman–Crippen MR) is 50.7 cm³/mol. The fraction of sp³-hybridized carbons (Fsp3) is 0.571. The van der Waals surface area contributed by atoms with Crippen molar-refractivity contribution in [1.82, 2.24) is 0 Å². The number of carbonyl (C=O) groups is 1. The van der Waals surface area contributed by atoms with E-state index >= 15 is 0 Å². The average molecular weight is 219 g/mol. The summed E-state index contributed by atoms with van der Waals surface area (Å²) >= 11 is 6.64. The van der Waals surface area contributed by atoms with Crippen LogP contribution in [0.2, 0.25) is 0 Å². The van der Waals surface area contributed by atoms with Crippen molar-refractivity contribution in [2.75, 3.05) is 6.61 Å². The molecule has 0 amide bonds. The molecule has 4 nitrogen and oxygen atoms in total. The Kier molecular flexibility index (Phi) is 3.58. The number of halogens is 1. The van der Waals surface area contributed by atoms with E-state index in [9.17, 15) is 4.79 Å². The smallest absolute Gasteiger partial charge is 0.322 e. The Bertz CT molecular complexity index is 287. The molecule has 13 heavy (non-hydrogen) atoms. The van der Waals surface area contributed by atoms with Gasteiger partial charge in [0.25, 0.3) is 0 Å². The molecule has 1 heterocycles. The third-order valence-electron chi connectivity index (χ3n) is 1.40. The first-order valence-electron chi connectivity index (χ1n) is 3.65. The Morgan fingerprint density at radius 2 is 2.62 bits per heavy atom. The van der Waals surface area contributed by atoms with Gasteiger partial charge in [0.05, 0.1) is 12.7 Å². The molecule has 0 N–H and O–H groups in total. The second-order valence-corrected chi connectivity index (χ2v) is 3.96. The normalized spacial score (nSPS) is 26.4. The van der Waals surface area contributed by atoms with Crippen LogP contribution in [0, 0.1) is 11.3 Å². The summed E-state index contributed by atoms with van der Waals surface area (Å²) in [7, 11) is 0. The number of hydrogen-bond acceptors (Lipinski definition) is 5. The van der Waals surface area contributed by atoms with Crippen LogP contribution in [0.3, 0.4) is 0 Å². The molecule has 0 saturated heterocycles. The van der Waals surface area contributed by atoms with E-state index in [0.717, 1.165) is 11.8 Å². The lowest BCUT2D eigenvalue weighted by Crippen LogP contribution is -2.27. The van der Waals surface area contributed by atoms with Gasteiger partial charge in [-0.3, -0.25) is 4.79 Å². The van der Waals surface area contributed by atoms with Crippen molar-refractivity contribution >= 4 is 33.8 Å². The van der Waals surface area contributed by atoms with E-state index in [0.29, 0.717) is 6.61 Å². The van der Waals surface area contributed by atoms with Crippen molar-refractivity contribution in [3.05, 3.63) is 0 Å². The Hall–Kier alpha value is -0.730. The van der Waals surface area contributed by atoms with Gasteiger partial charge < -0.3 is 4.74 Å². The van der Waals surface area contributed by atoms with Gasteiger partial charge in [-0.25, -0.2) is 4.99 Å². The van der Waals surface area contributed by atoms with Crippen molar-refractivity contribution in [3.63, 3.8) is 0 Å². The minimum Gasteiger partial charge on any atom is -0.465 e. The molecule has 1 aliphatic rings. The summed E-state index contributed by atoms with van der Waals surface area (Å²) in [5.74, 6) is -0.432. The summed E-state index contributed by atoms with van der Waals surface area (Å²) in [5.41, 5.74) is 0. The molecule has 0 radical (unpaired) electrons. The summed E-state index contributed by atoms with van der Waals surface area (Å²) in [6.45, 7) is 2.01. The summed E-state index contributed by atoms with van der Waals surface area (Å²) in [6.07, 6.45) is 0. The highest BCUT2D eigenvalue weighted by Gasteiger charge is 2.36. The largest absolute Gasteiger partial charge is 0.465 e. The maximum atomic E-state index is 11.2. The Labute approximate surface area is 84.9 Å². The molecule has 0 aromatic rings. The molecule has 6 heteroatoms. The predicted octanol–water partition coefficient (Wildman–Crippen LogP) is 1.15. The lowest BCUT2D eigenvalue weighted by Gasteiger charge is -2.08. The number of hydrogen-bond donors (Lipinski definition) is 0. The highest BCUT2D eigenvalue weighted by molar-refractivity contribution is 8.18. The number of thioether (sulfide) groups is 1. The first kappa shape index (κ1) is 10.4. The Morgan fingerprint density at radius 1 is 1.92 bits per heavy atom. The summed E-state index contributed by atoms with van der Waals surface area (Å²) in [5, 5.41) is 8.03. The van der Waals surface area contributed by atoms with E-state index in [1.54, 1.807) is 6.92 Å². The molecule has 0 bridgehead atoms. The summed E-state index contributed by atoms with van der Waals surface area (Å²) in [4.78, 5) is 15.0. The van der Waals surface area contributed by atoms with E-state index < -0.39 is 17.3 Å². The first-order chi connectivity index (χ1) is 6.19. The van der Waals surface area contributed by atoms with Crippen molar-refractivity contribution in [3.8, 4) is 6.07 Å². The maximum absolute atomic E-state index is 11.2. The van der Waals surface area contributed by atoms with Crippen molar-refractivity contribution in [1.29, 1.82) is 5.26 Å². The fourth-order valence-corrected chi connectivity index (χ4v) is 2.07. The van der Waals surface area contributed by atoms with Crippen LogP contribution in [0.1, 0.15) is 6.92 Å². The zero-order valence-electron chi connectivity index (χ0n) is 6.86. The SMILES string of the molecule is CCOC(=O)C1SC(Cl)=NC1C#N. The van der Waals surface area contributed by atoms with Crippen molar-refractivity contribution < 1.29 is 9.53 Å². The van der Waals surface area contributed by atoms with Gasteiger partial charge >= 0.3 is 5.97 Å². The molecule has 0 aromatic heterocycles. The minimum absolute atomic E-state index is 0.240. The van der Waals surface area contributed by atoms with Crippen LogP contribution in [0.5, 0.6) is 0 Å². The van der Waals surface area contributed by atoms with E-state index in [-0.39, 0.29) is 4.50 Å². The molecule has 1 aliphatic heterocycles. The van der Waals surface area contributed by atoms with Crippen LogP contribution < -0.4 is 0 Å². The van der Waals surface area contributed by atoms with Gasteiger partial charge in [-0.1, -0.05) is 23.4 Å². The van der Waals surface area contributed by atoms with Gasteiger partial charge in [-0.2, -0.15) is 5.26 Å². The van der Waals surface area contributed by atoms with E-state index in [1.807, 2.05) is 6.07 Å². The number of esters is 1. The topological polar surface area (TPSA) is 62.4 Å². The van der Waals surface area contributed by atoms with Gasteiger partial charge in [0, 0.05) is 0 Å². The molecule has 0 aliphatic carbocycles. The second kappa shape index (κ2) is 4.49. The second-order valence-electron chi connectivity index (χ2n) is 2.25. The number of ether oxygens (including phenoxy) is 1. The lowest BCUT2D eigenvalue weighted by atomic mass is 10.2. The van der Waals surface area contributed by atoms with Crippen LogP contribution in [-0.2, 0) is 9.53 Å². The molecule has 0 fully saturated rings. The molecule has 1 rings (SSSR count). The Morgan fingerprint density at radius 3 is 3.15 bits per heavy atom. The van der Waals surface area contributed by atoms with Crippen LogP contribution in [0.15, 0.2) is 4.99 Å². The molecule has 0 aromatic carbocycles. The highest BCUT2D eigenvalue weighted by Crippen LogP contribution is 2.29. The number of carbonyl (C=O) groups excluding carboxylic acids is 1. The molecular weight excluding hydrogens is 212 g/mol. The van der Waals surface area contributed by atoms with E-state index in [2.05, 4.69) is 4.99 Å². The van der Waals surface area contributed by atoms with Gasteiger partial charge in [0.15, 0.2) is 10.5 Å². The fourth-order valence-electron chi connectivity index (χ4n) is 0.875. The van der Waals surface area contributed by atoms with Crippen LogP contribution in [0.25, 0.3) is 0 Å². The number of nitriles is 1. The Balaban J connectivity index is 2.64. The molecule has 0 spiro atoms. The number of nitrogens with zero attached hydrogens (tertiary/aromatic N) is 2. The van der Waals surface area contributed by atoms with Crippen LogP contribution in [0.4, 0.5) is 0 Å². The first-order valence-corrected chi connectivity index (χ1v) is 4.91. The van der Waals surface area contributed by atoms with Crippen LogP contribution >= 0.6 is 23.4 Å². The average Bonchev–Trinajstić information content (AvgIpc) is 2.47. The zero-order valence-corrected chi connectivity index (χ0v) is 8.43. The number of rotatable bonds is 2. The highest BCUT2D eigenvalue weighted by atomic mass is 35.5. The van der Waals surface area contributed by atoms with Crippen molar-refractivity contribution in [2.24, 2.45) is 4.99 Å². The quantitative estimate of drug-likeness (QED) is 0.653. The summed E-state index contributed by atoms with van der Waals surface area (Å²) < 4.78 is 5.00. The summed E-state index contributed by atoms with van der Waals surface area (Å²) in [6, 6.07) is 1.18. The zero-order chi connectivity index (χ0) is 9.84. The van der Waals surface area contributed by atoms with Crippen molar-refractivity contribution in [2.45, 2.75) is 18.2 Å². The molecule has 0 saturated carbocycles. The van der Waals surface area contributed by atoms with Gasteiger partial charge in [0.1, 0.15) is 5.25 Å². The maximum Gasteiger partial charge on any atom is 0.322 e. The van der Waals surface area contributed by atoms with Crippen LogP contribution in [-0.4, -0.2) is 28.4 Å². The van der Waals surface area contributed by atoms with E-state index in [1.165, 1.54) is 0 Å². The number of aliphatic imine (C=N–C) groups is 1. The minimum atomic E-state index is -0.712. The standard InChI is InChI=1S/C7H7ClN2O2S/c1-2-12-6(11)5-4(3-9)10-7(8)13-5/h4-5H,2H2,1H3. The monoisotopic (exact) mass is 218 g/mol.